The van der Waals surface area contributed by atoms with Crippen LogP contribution in [0.1, 0.15) is 66.9 Å². The molecule has 0 bridgehead atoms. The van der Waals surface area contributed by atoms with E-state index in [1.165, 1.54) is 0 Å². The van der Waals surface area contributed by atoms with E-state index in [0.717, 1.165) is 0 Å². The Balaban J connectivity index is 1.74. The number of hydroxylamine groups is 2. The van der Waals surface area contributed by atoms with E-state index in [-0.39, 0.29) is 49.0 Å². The summed E-state index contributed by atoms with van der Waals surface area (Å²) in [4.78, 5) is 84.9. The Hall–Kier alpha value is -5.76. The molecule has 18 nitrogen and oxygen atoms in total. The minimum absolute atomic E-state index is 0.0775. The maximum absolute atomic E-state index is 14.5. The van der Waals surface area contributed by atoms with Crippen LogP contribution in [0.2, 0.25) is 0 Å². The van der Waals surface area contributed by atoms with E-state index in [1.807, 2.05) is 13.8 Å². The van der Waals surface area contributed by atoms with Crippen LogP contribution in [-0.2, 0) is 19.2 Å². The SMILES string of the molecule is CCCNc1nc(C(=O)NCCC(=O)ON2C(=O)CCC2=O)c(NCCC)nc1C(=O)NCCNc1c(F)c(N)c(F)c(F)c1[N+](=O)[O-]. The second kappa shape index (κ2) is 16.7. The standard InChI is InChI=1S/C27H33F3N10O8/c1-3-8-33-24-21(26(44)35-10-7-15(43)48-39-13(41)5-6-14(39)42)37-25(34-9-4-2)22(38-24)27(45)36-12-11-32-20-18(30)19(31)16(28)17(29)23(20)40(46)47/h32H,3-12,31H2,1-2H3,(H,33,38)(H,34,37)(H,35,44)(H,36,45). The molecule has 0 spiro atoms. The van der Waals surface area contributed by atoms with Crippen molar-refractivity contribution in [2.75, 3.05) is 54.4 Å². The third-order valence-electron chi connectivity index (χ3n) is 6.45. The van der Waals surface area contributed by atoms with E-state index in [9.17, 15) is 47.3 Å². The van der Waals surface area contributed by atoms with Crippen LogP contribution in [0.25, 0.3) is 0 Å². The van der Waals surface area contributed by atoms with Crippen molar-refractivity contribution in [2.24, 2.45) is 0 Å². The first-order valence-corrected chi connectivity index (χ1v) is 14.7. The maximum atomic E-state index is 14.5. The van der Waals surface area contributed by atoms with Crippen molar-refractivity contribution in [2.45, 2.75) is 46.0 Å². The normalized spacial score (nSPS) is 12.5. The van der Waals surface area contributed by atoms with Gasteiger partial charge in [0, 0.05) is 45.6 Å². The second-order valence-corrected chi connectivity index (χ2v) is 10.0. The number of halogens is 3. The highest BCUT2D eigenvalue weighted by Gasteiger charge is 2.33. The van der Waals surface area contributed by atoms with Gasteiger partial charge in [0.25, 0.3) is 23.6 Å². The van der Waals surface area contributed by atoms with Gasteiger partial charge in [-0.1, -0.05) is 13.8 Å². The molecule has 1 aliphatic heterocycles. The van der Waals surface area contributed by atoms with Crippen LogP contribution >= 0.6 is 0 Å². The molecule has 0 saturated carbocycles. The number of amides is 4. The van der Waals surface area contributed by atoms with Crippen LogP contribution in [0.15, 0.2) is 0 Å². The van der Waals surface area contributed by atoms with Gasteiger partial charge < -0.3 is 37.2 Å². The minimum Gasteiger partial charge on any atom is -0.394 e. The van der Waals surface area contributed by atoms with Gasteiger partial charge in [-0.3, -0.25) is 29.3 Å². The van der Waals surface area contributed by atoms with E-state index in [4.69, 9.17) is 10.6 Å². The number of nitrogens with two attached hydrogens (primary N) is 1. The van der Waals surface area contributed by atoms with Crippen molar-refractivity contribution in [3.8, 4) is 0 Å². The second-order valence-electron chi connectivity index (χ2n) is 10.0. The van der Waals surface area contributed by atoms with Gasteiger partial charge >= 0.3 is 11.7 Å². The van der Waals surface area contributed by atoms with E-state index < -0.39 is 82.0 Å². The first-order chi connectivity index (χ1) is 22.8. The molecule has 1 fully saturated rings. The lowest BCUT2D eigenvalue weighted by Crippen LogP contribution is -2.34. The summed E-state index contributed by atoms with van der Waals surface area (Å²) in [6.07, 6.45) is 0.615. The Bertz CT molecular complexity index is 1590. The summed E-state index contributed by atoms with van der Waals surface area (Å²) in [6, 6.07) is 0. The third-order valence-corrected chi connectivity index (χ3v) is 6.45. The van der Waals surface area contributed by atoms with Crippen LogP contribution in [0.5, 0.6) is 0 Å². The van der Waals surface area contributed by atoms with Gasteiger partial charge in [-0.25, -0.2) is 23.5 Å². The van der Waals surface area contributed by atoms with Gasteiger partial charge in [-0.15, -0.1) is 5.06 Å². The molecule has 0 unspecified atom stereocenters. The number of aromatic nitrogens is 2. The molecule has 2 heterocycles. The zero-order valence-corrected chi connectivity index (χ0v) is 25.8. The Morgan fingerprint density at radius 3 is 1.85 bits per heavy atom. The van der Waals surface area contributed by atoms with E-state index in [0.29, 0.717) is 31.0 Å². The highest BCUT2D eigenvalue weighted by Crippen LogP contribution is 2.36. The van der Waals surface area contributed by atoms with Gasteiger partial charge in [0.15, 0.2) is 40.3 Å². The molecule has 0 aliphatic carbocycles. The summed E-state index contributed by atoms with van der Waals surface area (Å²) in [5.74, 6) is -9.51. The summed E-state index contributed by atoms with van der Waals surface area (Å²) in [7, 11) is 0. The van der Waals surface area contributed by atoms with E-state index >= 15 is 0 Å². The lowest BCUT2D eigenvalue weighted by atomic mass is 10.2. The van der Waals surface area contributed by atoms with Gasteiger partial charge in [0.2, 0.25) is 5.82 Å². The number of nitrogens with zero attached hydrogens (tertiary/aromatic N) is 4. The number of carbonyl (C=O) groups excluding carboxylic acids is 5. The molecule has 1 aliphatic rings. The van der Waals surface area contributed by atoms with Gasteiger partial charge in [0.05, 0.1) is 11.3 Å². The topological polar surface area (TPSA) is 253 Å². The van der Waals surface area contributed by atoms with Gasteiger partial charge in [-0.2, -0.15) is 4.39 Å². The van der Waals surface area contributed by atoms with Crippen LogP contribution in [-0.4, -0.2) is 82.3 Å². The van der Waals surface area contributed by atoms with E-state index in [1.54, 1.807) is 0 Å². The molecule has 7 N–H and O–H groups in total. The number of nitrogens with one attached hydrogen (secondary N) is 5. The van der Waals surface area contributed by atoms with Crippen molar-refractivity contribution in [3.05, 3.63) is 39.0 Å². The van der Waals surface area contributed by atoms with E-state index in [2.05, 4.69) is 36.6 Å². The molecule has 4 amide bonds. The number of hydrogen-bond acceptors (Lipinski definition) is 14. The fourth-order valence-electron chi connectivity index (χ4n) is 4.10. The molecular weight excluding hydrogens is 649 g/mol. The van der Waals surface area contributed by atoms with Crippen LogP contribution in [0, 0.1) is 27.6 Å². The number of anilines is 4. The molecule has 48 heavy (non-hydrogen) atoms. The number of imide groups is 1. The lowest BCUT2D eigenvalue weighted by molar-refractivity contribution is -0.387. The van der Waals surface area contributed by atoms with Gasteiger partial charge in [-0.05, 0) is 12.8 Å². The minimum atomic E-state index is -1.96. The number of hydrogen-bond donors (Lipinski definition) is 6. The average Bonchev–Trinajstić information content (AvgIpc) is 3.37. The number of nitrogen functional groups attached to an aromatic ring is 1. The smallest absolute Gasteiger partial charge is 0.334 e. The Kier molecular flexibility index (Phi) is 12.8. The summed E-state index contributed by atoms with van der Waals surface area (Å²) in [6.45, 7) is 3.28. The summed E-state index contributed by atoms with van der Waals surface area (Å²) < 4.78 is 42.3. The highest BCUT2D eigenvalue weighted by molar-refractivity contribution is 6.02. The van der Waals surface area contributed by atoms with Crippen LogP contribution < -0.4 is 32.3 Å². The zero-order valence-electron chi connectivity index (χ0n) is 25.8. The number of carbonyl (C=O) groups is 5. The molecule has 1 aromatic heterocycles. The Labute approximate surface area is 270 Å². The largest absolute Gasteiger partial charge is 0.394 e. The fourth-order valence-corrected chi connectivity index (χ4v) is 4.10. The predicted molar refractivity (Wildman–Crippen MR) is 162 cm³/mol. The molecule has 2 aromatic rings. The molecule has 1 aromatic carbocycles. The molecule has 0 radical (unpaired) electrons. The Morgan fingerprint density at radius 1 is 0.833 bits per heavy atom. The van der Waals surface area contributed by atoms with Crippen molar-refractivity contribution >= 4 is 58.3 Å². The van der Waals surface area contributed by atoms with Gasteiger partial charge in [0.1, 0.15) is 5.69 Å². The van der Waals surface area contributed by atoms with Crippen molar-refractivity contribution in [1.29, 1.82) is 0 Å². The summed E-state index contributed by atoms with van der Waals surface area (Å²) in [5.41, 5.74) is 0.890. The number of nitro groups is 1. The predicted octanol–water partition coefficient (Wildman–Crippen LogP) is 1.60. The molecule has 0 atom stereocenters. The Morgan fingerprint density at radius 2 is 1.35 bits per heavy atom. The number of nitro benzene ring substituents is 1. The summed E-state index contributed by atoms with van der Waals surface area (Å²) in [5, 5.41) is 24.6. The van der Waals surface area contributed by atoms with Crippen molar-refractivity contribution in [3.63, 3.8) is 0 Å². The average molecular weight is 683 g/mol. The van der Waals surface area contributed by atoms with Crippen molar-refractivity contribution in [1.82, 2.24) is 25.7 Å². The van der Waals surface area contributed by atoms with Crippen LogP contribution in [0.3, 0.4) is 0 Å². The maximum Gasteiger partial charge on any atom is 0.334 e. The van der Waals surface area contributed by atoms with Crippen molar-refractivity contribution < 1.29 is 46.9 Å². The molecule has 3 rings (SSSR count). The first-order valence-electron chi connectivity index (χ1n) is 14.7. The monoisotopic (exact) mass is 682 g/mol. The molecule has 260 valence electrons. The number of rotatable bonds is 17. The zero-order chi connectivity index (χ0) is 35.5. The van der Waals surface area contributed by atoms with Crippen LogP contribution in [0.4, 0.5) is 41.9 Å². The fraction of sp³-hybridized carbons (Fsp3) is 0.444. The third kappa shape index (κ3) is 8.73. The first kappa shape index (κ1) is 36.7. The molecular formula is C27H33F3N10O8. The summed E-state index contributed by atoms with van der Waals surface area (Å²) >= 11 is 0. The lowest BCUT2D eigenvalue weighted by Gasteiger charge is -2.16. The highest BCUT2D eigenvalue weighted by atomic mass is 19.2. The quantitative estimate of drug-likeness (QED) is 0.0346. The number of benzene rings is 1. The molecule has 1 saturated heterocycles. The molecule has 21 heteroatoms.